The Morgan fingerprint density at radius 1 is 1.37 bits per heavy atom. The van der Waals surface area contributed by atoms with Crippen molar-refractivity contribution in [2.75, 3.05) is 6.54 Å². The Morgan fingerprint density at radius 2 is 2.05 bits per heavy atom. The third kappa shape index (κ3) is 3.30. The molecule has 0 amide bonds. The van der Waals surface area contributed by atoms with Crippen molar-refractivity contribution in [3.63, 3.8) is 0 Å². The van der Waals surface area contributed by atoms with Crippen LogP contribution in [0.15, 0.2) is 30.3 Å². The first kappa shape index (κ1) is 13.5. The minimum Gasteiger partial charge on any atom is -0.480 e. The summed E-state index contributed by atoms with van der Waals surface area (Å²) in [6.45, 7) is 0.406. The van der Waals surface area contributed by atoms with E-state index in [1.807, 2.05) is 30.3 Å². The SMILES string of the molecule is NN1CC(C(=O)OCc2ccccc2)CC1C(=O)O. The molecule has 1 saturated heterocycles. The lowest BCUT2D eigenvalue weighted by Crippen LogP contribution is -2.41. The van der Waals surface area contributed by atoms with Gasteiger partial charge in [-0.25, -0.2) is 5.01 Å². The second-order valence-corrected chi connectivity index (χ2v) is 4.58. The molecule has 2 atom stereocenters. The van der Waals surface area contributed by atoms with Gasteiger partial charge in [0.2, 0.25) is 0 Å². The molecule has 0 spiro atoms. The van der Waals surface area contributed by atoms with Gasteiger partial charge in [-0.1, -0.05) is 30.3 Å². The molecule has 2 unspecified atom stereocenters. The molecule has 2 rings (SSSR count). The summed E-state index contributed by atoms with van der Waals surface area (Å²) >= 11 is 0. The molecule has 19 heavy (non-hydrogen) atoms. The van der Waals surface area contributed by atoms with E-state index in [0.717, 1.165) is 5.56 Å². The zero-order valence-corrected chi connectivity index (χ0v) is 10.4. The largest absolute Gasteiger partial charge is 0.480 e. The van der Waals surface area contributed by atoms with Gasteiger partial charge in [0.15, 0.2) is 0 Å². The lowest BCUT2D eigenvalue weighted by Gasteiger charge is -2.12. The smallest absolute Gasteiger partial charge is 0.322 e. The third-order valence-corrected chi connectivity index (χ3v) is 3.18. The fourth-order valence-corrected chi connectivity index (χ4v) is 2.12. The first-order chi connectivity index (χ1) is 9.08. The van der Waals surface area contributed by atoms with Crippen LogP contribution < -0.4 is 5.84 Å². The van der Waals surface area contributed by atoms with Crippen LogP contribution in [0.5, 0.6) is 0 Å². The molecule has 1 aliphatic rings. The second kappa shape index (κ2) is 5.81. The van der Waals surface area contributed by atoms with Gasteiger partial charge in [0.25, 0.3) is 0 Å². The van der Waals surface area contributed by atoms with Crippen molar-refractivity contribution in [2.24, 2.45) is 11.8 Å². The molecule has 0 saturated carbocycles. The highest BCUT2D eigenvalue weighted by atomic mass is 16.5. The fraction of sp³-hybridized carbons (Fsp3) is 0.385. The predicted molar refractivity (Wildman–Crippen MR) is 66.7 cm³/mol. The molecule has 1 aliphatic heterocycles. The van der Waals surface area contributed by atoms with Gasteiger partial charge in [-0.3, -0.25) is 15.4 Å². The average Bonchev–Trinajstić information content (AvgIpc) is 2.79. The Kier molecular flexibility index (Phi) is 4.13. The molecule has 6 nitrogen and oxygen atoms in total. The van der Waals surface area contributed by atoms with Gasteiger partial charge in [-0.2, -0.15) is 0 Å². The van der Waals surface area contributed by atoms with Crippen LogP contribution in [0.3, 0.4) is 0 Å². The van der Waals surface area contributed by atoms with E-state index in [4.69, 9.17) is 15.7 Å². The summed E-state index contributed by atoms with van der Waals surface area (Å²) in [7, 11) is 0. The van der Waals surface area contributed by atoms with Gasteiger partial charge in [0.1, 0.15) is 12.6 Å². The Balaban J connectivity index is 1.86. The number of carbonyl (C=O) groups excluding carboxylic acids is 1. The third-order valence-electron chi connectivity index (χ3n) is 3.18. The molecule has 1 aromatic carbocycles. The minimum atomic E-state index is -1.01. The van der Waals surface area contributed by atoms with Gasteiger partial charge in [-0.15, -0.1) is 0 Å². The Labute approximate surface area is 110 Å². The number of nitrogens with two attached hydrogens (primary N) is 1. The number of carboxylic acids is 1. The topological polar surface area (TPSA) is 92.9 Å². The molecule has 0 radical (unpaired) electrons. The highest BCUT2D eigenvalue weighted by molar-refractivity contribution is 5.78. The Hall–Kier alpha value is -1.92. The quantitative estimate of drug-likeness (QED) is 0.603. The normalized spacial score (nSPS) is 23.2. The average molecular weight is 264 g/mol. The standard InChI is InChI=1S/C13H16N2O4/c14-15-7-10(6-11(15)12(16)17)13(18)19-8-9-4-2-1-3-5-9/h1-5,10-11H,6-8,14H2,(H,16,17). The molecule has 0 aliphatic carbocycles. The number of aliphatic carboxylic acids is 1. The summed E-state index contributed by atoms with van der Waals surface area (Å²) in [6, 6.07) is 8.51. The van der Waals surface area contributed by atoms with Crippen LogP contribution in [0.2, 0.25) is 0 Å². The molecule has 0 bridgehead atoms. The van der Waals surface area contributed by atoms with Gasteiger partial charge in [-0.05, 0) is 12.0 Å². The molecule has 0 aromatic heterocycles. The summed E-state index contributed by atoms with van der Waals surface area (Å²) < 4.78 is 5.17. The number of carboxylic acid groups (broad SMARTS) is 1. The highest BCUT2D eigenvalue weighted by Gasteiger charge is 2.39. The first-order valence-electron chi connectivity index (χ1n) is 6.02. The van der Waals surface area contributed by atoms with Crippen molar-refractivity contribution in [1.29, 1.82) is 0 Å². The zero-order valence-electron chi connectivity index (χ0n) is 10.4. The fourth-order valence-electron chi connectivity index (χ4n) is 2.12. The van der Waals surface area contributed by atoms with Crippen LogP contribution in [0.25, 0.3) is 0 Å². The van der Waals surface area contributed by atoms with Crippen LogP contribution in [0.1, 0.15) is 12.0 Å². The van der Waals surface area contributed by atoms with E-state index in [1.54, 1.807) is 0 Å². The van der Waals surface area contributed by atoms with Gasteiger partial charge >= 0.3 is 11.9 Å². The summed E-state index contributed by atoms with van der Waals surface area (Å²) in [5.74, 6) is 3.67. The van der Waals surface area contributed by atoms with Crippen LogP contribution in [0.4, 0.5) is 0 Å². The van der Waals surface area contributed by atoms with E-state index in [1.165, 1.54) is 5.01 Å². The van der Waals surface area contributed by atoms with Crippen molar-refractivity contribution in [2.45, 2.75) is 19.1 Å². The van der Waals surface area contributed by atoms with Crippen LogP contribution in [0, 0.1) is 5.92 Å². The van der Waals surface area contributed by atoms with Crippen molar-refractivity contribution in [3.8, 4) is 0 Å². The minimum absolute atomic E-state index is 0.193. The van der Waals surface area contributed by atoms with Crippen molar-refractivity contribution >= 4 is 11.9 Å². The molecular weight excluding hydrogens is 248 g/mol. The number of rotatable bonds is 4. The van der Waals surface area contributed by atoms with E-state index >= 15 is 0 Å². The van der Waals surface area contributed by atoms with E-state index in [0.29, 0.717) is 0 Å². The molecular formula is C13H16N2O4. The number of ether oxygens (including phenoxy) is 1. The first-order valence-corrected chi connectivity index (χ1v) is 6.02. The van der Waals surface area contributed by atoms with E-state index < -0.39 is 23.9 Å². The van der Waals surface area contributed by atoms with Gasteiger partial charge in [0, 0.05) is 6.54 Å². The second-order valence-electron chi connectivity index (χ2n) is 4.58. The maximum atomic E-state index is 11.8. The molecule has 1 aromatic rings. The molecule has 1 fully saturated rings. The summed E-state index contributed by atoms with van der Waals surface area (Å²) in [6.07, 6.45) is 0.194. The van der Waals surface area contributed by atoms with Crippen LogP contribution in [-0.4, -0.2) is 34.6 Å². The van der Waals surface area contributed by atoms with Crippen molar-refractivity contribution in [3.05, 3.63) is 35.9 Å². The lowest BCUT2D eigenvalue weighted by atomic mass is 10.1. The summed E-state index contributed by atoms with van der Waals surface area (Å²) in [4.78, 5) is 22.7. The number of nitrogens with zero attached hydrogens (tertiary/aromatic N) is 1. The van der Waals surface area contributed by atoms with Crippen LogP contribution >= 0.6 is 0 Å². The summed E-state index contributed by atoms with van der Waals surface area (Å²) in [5.41, 5.74) is 0.897. The van der Waals surface area contributed by atoms with E-state index in [-0.39, 0.29) is 19.6 Å². The molecule has 3 N–H and O–H groups in total. The summed E-state index contributed by atoms with van der Waals surface area (Å²) in [5, 5.41) is 10.1. The number of hydrogen-bond acceptors (Lipinski definition) is 5. The maximum absolute atomic E-state index is 11.8. The zero-order chi connectivity index (χ0) is 13.8. The Morgan fingerprint density at radius 3 is 2.63 bits per heavy atom. The number of hydrazine groups is 1. The van der Waals surface area contributed by atoms with E-state index in [9.17, 15) is 9.59 Å². The molecule has 6 heteroatoms. The monoisotopic (exact) mass is 264 g/mol. The lowest BCUT2D eigenvalue weighted by molar-refractivity contribution is -0.149. The molecule has 102 valence electrons. The van der Waals surface area contributed by atoms with Gasteiger partial charge in [0.05, 0.1) is 5.92 Å². The number of carbonyl (C=O) groups is 2. The maximum Gasteiger partial charge on any atom is 0.322 e. The molecule has 1 heterocycles. The predicted octanol–water partition coefficient (Wildman–Crippen LogP) is 0.379. The number of hydrogen-bond donors (Lipinski definition) is 2. The van der Waals surface area contributed by atoms with Crippen molar-refractivity contribution < 1.29 is 19.4 Å². The van der Waals surface area contributed by atoms with Crippen LogP contribution in [-0.2, 0) is 20.9 Å². The van der Waals surface area contributed by atoms with E-state index in [2.05, 4.69) is 0 Å². The number of benzene rings is 1. The number of esters is 1. The van der Waals surface area contributed by atoms with Crippen molar-refractivity contribution in [1.82, 2.24) is 5.01 Å². The Bertz CT molecular complexity index is 463. The van der Waals surface area contributed by atoms with Gasteiger partial charge < -0.3 is 9.84 Å². The highest BCUT2D eigenvalue weighted by Crippen LogP contribution is 2.22.